The topological polar surface area (TPSA) is 64.0 Å². The summed E-state index contributed by atoms with van der Waals surface area (Å²) in [5.74, 6) is 0. The zero-order chi connectivity index (χ0) is 21.4. The van der Waals surface area contributed by atoms with Crippen molar-refractivity contribution in [3.05, 3.63) is 45.3 Å². The van der Waals surface area contributed by atoms with Gasteiger partial charge in [-0.3, -0.25) is 4.68 Å². The van der Waals surface area contributed by atoms with Gasteiger partial charge >= 0.3 is 6.18 Å². The van der Waals surface area contributed by atoms with Crippen LogP contribution in [-0.4, -0.2) is 24.7 Å². The molecule has 156 valence electrons. The number of sulfonamides is 1. The number of halogens is 3. The molecule has 0 aliphatic rings. The van der Waals surface area contributed by atoms with Crippen molar-refractivity contribution in [1.29, 1.82) is 0 Å². The Morgan fingerprint density at radius 1 is 0.964 bits per heavy atom. The van der Waals surface area contributed by atoms with E-state index in [9.17, 15) is 21.6 Å². The molecule has 1 aromatic heterocycles. The summed E-state index contributed by atoms with van der Waals surface area (Å²) < 4.78 is 67.6. The highest BCUT2D eigenvalue weighted by molar-refractivity contribution is 7.89. The average Bonchev–Trinajstić information content (AvgIpc) is 2.96. The van der Waals surface area contributed by atoms with E-state index in [4.69, 9.17) is 0 Å². The third kappa shape index (κ3) is 4.41. The molecule has 0 saturated heterocycles. The molecule has 0 spiro atoms. The molecule has 2 aromatic rings. The maximum atomic E-state index is 12.8. The molecule has 1 heterocycles. The monoisotopic (exact) mass is 417 g/mol. The van der Waals surface area contributed by atoms with Gasteiger partial charge in [0.05, 0.1) is 4.90 Å². The van der Waals surface area contributed by atoms with Crippen molar-refractivity contribution in [2.75, 3.05) is 6.54 Å². The molecule has 0 aliphatic heterocycles. The second-order valence-corrected chi connectivity index (χ2v) is 8.80. The van der Waals surface area contributed by atoms with Crippen LogP contribution in [0.25, 0.3) is 0 Å². The number of nitrogens with zero attached hydrogens (tertiary/aromatic N) is 2. The fourth-order valence-electron chi connectivity index (χ4n) is 3.25. The van der Waals surface area contributed by atoms with Crippen molar-refractivity contribution in [2.24, 2.45) is 0 Å². The summed E-state index contributed by atoms with van der Waals surface area (Å²) in [6.45, 7) is 11.2. The van der Waals surface area contributed by atoms with Crippen molar-refractivity contribution in [2.45, 2.75) is 65.6 Å². The van der Waals surface area contributed by atoms with Crippen LogP contribution in [-0.2, 0) is 22.7 Å². The molecule has 0 fully saturated rings. The van der Waals surface area contributed by atoms with E-state index in [1.54, 1.807) is 13.8 Å². The van der Waals surface area contributed by atoms with Crippen molar-refractivity contribution in [3.63, 3.8) is 0 Å². The van der Waals surface area contributed by atoms with Gasteiger partial charge in [-0.1, -0.05) is 0 Å². The van der Waals surface area contributed by atoms with E-state index in [1.807, 2.05) is 20.8 Å². The Labute approximate surface area is 164 Å². The Balaban J connectivity index is 2.11. The average molecular weight is 417 g/mol. The van der Waals surface area contributed by atoms with Crippen molar-refractivity contribution in [1.82, 2.24) is 14.5 Å². The minimum absolute atomic E-state index is 0.105. The third-order valence-electron chi connectivity index (χ3n) is 5.31. The lowest BCUT2D eigenvalue weighted by molar-refractivity contribution is -0.141. The van der Waals surface area contributed by atoms with Crippen molar-refractivity contribution < 1.29 is 21.6 Å². The van der Waals surface area contributed by atoms with Crippen LogP contribution in [0.3, 0.4) is 0 Å². The van der Waals surface area contributed by atoms with Gasteiger partial charge in [-0.05, 0) is 81.8 Å². The summed E-state index contributed by atoms with van der Waals surface area (Å²) in [6.07, 6.45) is -4.17. The minimum atomic E-state index is -4.49. The Morgan fingerprint density at radius 2 is 1.46 bits per heavy atom. The van der Waals surface area contributed by atoms with Crippen LogP contribution in [0.15, 0.2) is 11.0 Å². The SMILES string of the molecule is Cc1c(C)c(C)c(S(=O)(=O)NCCCn2nc(C(F)(F)F)cc2C)c(C)c1C. The molecule has 0 amide bonds. The molecule has 9 heteroatoms. The fourth-order valence-corrected chi connectivity index (χ4v) is 4.92. The van der Waals surface area contributed by atoms with Gasteiger partial charge in [0.1, 0.15) is 0 Å². The molecule has 0 atom stereocenters. The molecule has 1 N–H and O–H groups in total. The van der Waals surface area contributed by atoms with Gasteiger partial charge in [0, 0.05) is 18.8 Å². The molecule has 0 unspecified atom stereocenters. The van der Waals surface area contributed by atoms with Gasteiger partial charge in [-0.25, -0.2) is 13.1 Å². The van der Waals surface area contributed by atoms with E-state index in [0.29, 0.717) is 23.2 Å². The largest absolute Gasteiger partial charge is 0.435 e. The first-order valence-corrected chi connectivity index (χ1v) is 10.4. The van der Waals surface area contributed by atoms with Gasteiger partial charge in [0.2, 0.25) is 10.0 Å². The van der Waals surface area contributed by atoms with E-state index in [-0.39, 0.29) is 18.0 Å². The summed E-state index contributed by atoms with van der Waals surface area (Å²) in [6, 6.07) is 0.981. The minimum Gasteiger partial charge on any atom is -0.269 e. The second kappa shape index (κ2) is 7.87. The predicted molar refractivity (Wildman–Crippen MR) is 102 cm³/mol. The van der Waals surface area contributed by atoms with E-state index in [2.05, 4.69) is 9.82 Å². The number of hydrogen-bond donors (Lipinski definition) is 1. The summed E-state index contributed by atoms with van der Waals surface area (Å²) in [5.41, 5.74) is 3.82. The zero-order valence-corrected chi connectivity index (χ0v) is 17.8. The van der Waals surface area contributed by atoms with Crippen molar-refractivity contribution >= 4 is 10.0 Å². The summed E-state index contributed by atoms with van der Waals surface area (Å²) in [5, 5.41) is 3.55. The van der Waals surface area contributed by atoms with Crippen LogP contribution in [0.2, 0.25) is 0 Å². The molecule has 28 heavy (non-hydrogen) atoms. The molecule has 0 radical (unpaired) electrons. The predicted octanol–water partition coefficient (Wildman–Crippen LogP) is 4.12. The van der Waals surface area contributed by atoms with Gasteiger partial charge in [-0.2, -0.15) is 18.3 Å². The van der Waals surface area contributed by atoms with Gasteiger partial charge < -0.3 is 0 Å². The number of nitrogens with one attached hydrogen (secondary N) is 1. The Morgan fingerprint density at radius 3 is 1.93 bits per heavy atom. The highest BCUT2D eigenvalue weighted by Crippen LogP contribution is 2.30. The van der Waals surface area contributed by atoms with Crippen LogP contribution < -0.4 is 4.72 Å². The van der Waals surface area contributed by atoms with Crippen molar-refractivity contribution in [3.8, 4) is 0 Å². The molecule has 0 bridgehead atoms. The first kappa shape index (κ1) is 22.4. The molecular formula is C19H26F3N3O2S. The summed E-state index contributed by atoms with van der Waals surface area (Å²) in [7, 11) is -3.73. The number of rotatable bonds is 6. The zero-order valence-electron chi connectivity index (χ0n) is 17.0. The normalized spacial score (nSPS) is 12.6. The quantitative estimate of drug-likeness (QED) is 0.719. The van der Waals surface area contributed by atoms with Crippen LogP contribution in [0.5, 0.6) is 0 Å². The first-order chi connectivity index (χ1) is 12.8. The van der Waals surface area contributed by atoms with Gasteiger partial charge in [0.25, 0.3) is 0 Å². The number of benzene rings is 1. The smallest absolute Gasteiger partial charge is 0.269 e. The summed E-state index contributed by atoms with van der Waals surface area (Å²) in [4.78, 5) is 0.280. The molecular weight excluding hydrogens is 391 g/mol. The van der Waals surface area contributed by atoms with E-state index < -0.39 is 21.9 Å². The lowest BCUT2D eigenvalue weighted by atomic mass is 9.95. The van der Waals surface area contributed by atoms with Crippen LogP contribution in [0.1, 0.15) is 45.6 Å². The van der Waals surface area contributed by atoms with E-state index in [1.165, 1.54) is 11.6 Å². The fraction of sp³-hybridized carbons (Fsp3) is 0.526. The first-order valence-electron chi connectivity index (χ1n) is 8.95. The maximum absolute atomic E-state index is 12.8. The van der Waals surface area contributed by atoms with Crippen LogP contribution >= 0.6 is 0 Å². The molecule has 2 rings (SSSR count). The molecule has 1 aromatic carbocycles. The third-order valence-corrected chi connectivity index (χ3v) is 7.04. The number of hydrogen-bond acceptors (Lipinski definition) is 3. The summed E-state index contributed by atoms with van der Waals surface area (Å²) >= 11 is 0. The lowest BCUT2D eigenvalue weighted by Gasteiger charge is -2.19. The maximum Gasteiger partial charge on any atom is 0.435 e. The highest BCUT2D eigenvalue weighted by atomic mass is 32.2. The van der Waals surface area contributed by atoms with Crippen LogP contribution in [0, 0.1) is 41.5 Å². The van der Waals surface area contributed by atoms with E-state index >= 15 is 0 Å². The molecule has 5 nitrogen and oxygen atoms in total. The van der Waals surface area contributed by atoms with Gasteiger partial charge in [-0.15, -0.1) is 0 Å². The number of aromatic nitrogens is 2. The number of aryl methyl sites for hydroxylation is 2. The standard InChI is InChI=1S/C19H26F3N3O2S/c1-11-10-17(19(20,21)22)24-25(11)9-7-8-23-28(26,27)18-15(5)13(3)12(2)14(4)16(18)6/h10,23H,7-9H2,1-6H3. The molecule has 0 aliphatic carbocycles. The second-order valence-electron chi connectivity index (χ2n) is 7.10. The van der Waals surface area contributed by atoms with E-state index in [0.717, 1.165) is 22.8 Å². The van der Waals surface area contributed by atoms with Crippen LogP contribution in [0.4, 0.5) is 13.2 Å². The van der Waals surface area contributed by atoms with Gasteiger partial charge in [0.15, 0.2) is 5.69 Å². The highest BCUT2D eigenvalue weighted by Gasteiger charge is 2.34. The molecule has 0 saturated carbocycles. The number of alkyl halides is 3. The lowest BCUT2D eigenvalue weighted by Crippen LogP contribution is -2.28. The Hall–Kier alpha value is -1.87. The Kier molecular flexibility index (Phi) is 6.30. The Bertz CT molecular complexity index is 964.